The van der Waals surface area contributed by atoms with E-state index in [1.54, 1.807) is 43.3 Å². The lowest BCUT2D eigenvalue weighted by atomic mass is 9.92. The number of nitriles is 1. The van der Waals surface area contributed by atoms with Crippen molar-refractivity contribution in [3.05, 3.63) is 65.2 Å². The molecule has 0 aromatic heterocycles. The van der Waals surface area contributed by atoms with Crippen LogP contribution in [0.15, 0.2) is 48.5 Å². The number of piperidine rings is 1. The number of carbonyl (C=O) groups excluding carboxylic acids is 2. The van der Waals surface area contributed by atoms with Crippen molar-refractivity contribution in [3.63, 3.8) is 0 Å². The fourth-order valence-corrected chi connectivity index (χ4v) is 3.59. The van der Waals surface area contributed by atoms with E-state index in [2.05, 4.69) is 6.07 Å². The van der Waals surface area contributed by atoms with E-state index in [1.165, 1.54) is 0 Å². The van der Waals surface area contributed by atoms with Crippen LogP contribution in [0.4, 0.5) is 0 Å². The highest BCUT2D eigenvalue weighted by Crippen LogP contribution is 2.24. The van der Waals surface area contributed by atoms with Crippen molar-refractivity contribution in [1.29, 1.82) is 5.26 Å². The standard InChI is InChI=1S/C24H27N3O3/c1-26(2)23(28)14-18-10-12-27(13-11-18)24(29)19-8-5-9-22(15-19)30-17-21-7-4-3-6-20(21)16-25/h3-9,15,18H,10-14,17H2,1-2H3. The number of likely N-dealkylation sites (tertiary alicyclic amines) is 1. The largest absolute Gasteiger partial charge is 0.489 e. The first-order valence-corrected chi connectivity index (χ1v) is 10.2. The molecule has 156 valence electrons. The Hall–Kier alpha value is -3.33. The molecular weight excluding hydrogens is 378 g/mol. The van der Waals surface area contributed by atoms with Crippen LogP contribution in [0.2, 0.25) is 0 Å². The Morgan fingerprint density at radius 2 is 1.87 bits per heavy atom. The number of benzene rings is 2. The zero-order valence-corrected chi connectivity index (χ0v) is 17.5. The second-order valence-corrected chi connectivity index (χ2v) is 7.81. The molecule has 2 aromatic rings. The van der Waals surface area contributed by atoms with Crippen molar-refractivity contribution in [2.75, 3.05) is 27.2 Å². The van der Waals surface area contributed by atoms with Gasteiger partial charge in [-0.1, -0.05) is 24.3 Å². The number of rotatable bonds is 6. The Kier molecular flexibility index (Phi) is 7.08. The average molecular weight is 405 g/mol. The fourth-order valence-electron chi connectivity index (χ4n) is 3.59. The van der Waals surface area contributed by atoms with E-state index in [1.807, 2.05) is 29.2 Å². The lowest BCUT2D eigenvalue weighted by Gasteiger charge is -2.32. The summed E-state index contributed by atoms with van der Waals surface area (Å²) in [5.74, 6) is 1.05. The third-order valence-corrected chi connectivity index (χ3v) is 5.48. The second-order valence-electron chi connectivity index (χ2n) is 7.81. The lowest BCUT2D eigenvalue weighted by molar-refractivity contribution is -0.129. The van der Waals surface area contributed by atoms with Crippen molar-refractivity contribution in [1.82, 2.24) is 9.80 Å². The summed E-state index contributed by atoms with van der Waals surface area (Å²) in [6.45, 7) is 1.59. The van der Waals surface area contributed by atoms with E-state index >= 15 is 0 Å². The molecular formula is C24H27N3O3. The molecule has 0 N–H and O–H groups in total. The van der Waals surface area contributed by atoms with Crippen LogP contribution in [0.3, 0.4) is 0 Å². The smallest absolute Gasteiger partial charge is 0.253 e. The van der Waals surface area contributed by atoms with Gasteiger partial charge in [0.2, 0.25) is 5.91 Å². The highest BCUT2D eigenvalue weighted by molar-refractivity contribution is 5.94. The number of amides is 2. The fraction of sp³-hybridized carbons (Fsp3) is 0.375. The van der Waals surface area contributed by atoms with Crippen LogP contribution in [0.1, 0.15) is 40.7 Å². The van der Waals surface area contributed by atoms with Crippen molar-refractivity contribution in [3.8, 4) is 11.8 Å². The molecule has 6 heteroatoms. The molecule has 0 atom stereocenters. The summed E-state index contributed by atoms with van der Waals surface area (Å²) < 4.78 is 5.83. The van der Waals surface area contributed by atoms with Gasteiger partial charge in [0.25, 0.3) is 5.91 Å². The van der Waals surface area contributed by atoms with Crippen LogP contribution in [0, 0.1) is 17.2 Å². The van der Waals surface area contributed by atoms with Gasteiger partial charge in [-0.05, 0) is 43.0 Å². The topological polar surface area (TPSA) is 73.6 Å². The van der Waals surface area contributed by atoms with Gasteiger partial charge in [-0.2, -0.15) is 5.26 Å². The van der Waals surface area contributed by atoms with Crippen molar-refractivity contribution >= 4 is 11.8 Å². The summed E-state index contributed by atoms with van der Waals surface area (Å²) in [7, 11) is 3.55. The molecule has 1 aliphatic rings. The molecule has 6 nitrogen and oxygen atoms in total. The first-order chi connectivity index (χ1) is 14.5. The van der Waals surface area contributed by atoms with E-state index in [4.69, 9.17) is 4.74 Å². The Morgan fingerprint density at radius 1 is 1.13 bits per heavy atom. The highest BCUT2D eigenvalue weighted by Gasteiger charge is 2.25. The van der Waals surface area contributed by atoms with Crippen molar-refractivity contribution in [2.24, 2.45) is 5.92 Å². The van der Waals surface area contributed by atoms with Gasteiger partial charge in [0.15, 0.2) is 0 Å². The lowest BCUT2D eigenvalue weighted by Crippen LogP contribution is -2.39. The number of carbonyl (C=O) groups is 2. The highest BCUT2D eigenvalue weighted by atomic mass is 16.5. The molecule has 0 saturated carbocycles. The van der Waals surface area contributed by atoms with E-state index in [9.17, 15) is 14.9 Å². The summed E-state index contributed by atoms with van der Waals surface area (Å²) in [6, 6.07) is 16.6. The van der Waals surface area contributed by atoms with Gasteiger partial charge < -0.3 is 14.5 Å². The zero-order chi connectivity index (χ0) is 21.5. The summed E-state index contributed by atoms with van der Waals surface area (Å²) >= 11 is 0. The van der Waals surface area contributed by atoms with Gasteiger partial charge in [0.05, 0.1) is 11.6 Å². The minimum absolute atomic E-state index is 0.0183. The summed E-state index contributed by atoms with van der Waals surface area (Å²) in [5.41, 5.74) is 1.98. The Labute approximate surface area is 177 Å². The quantitative estimate of drug-likeness (QED) is 0.738. The maximum atomic E-state index is 12.9. The SMILES string of the molecule is CN(C)C(=O)CC1CCN(C(=O)c2cccc(OCc3ccccc3C#N)c2)CC1. The Bertz CT molecular complexity index is 941. The van der Waals surface area contributed by atoms with Crippen LogP contribution in [0.25, 0.3) is 0 Å². The molecule has 2 aromatic carbocycles. The van der Waals surface area contributed by atoms with Gasteiger partial charge in [-0.25, -0.2) is 0 Å². The van der Waals surface area contributed by atoms with Crippen LogP contribution in [-0.2, 0) is 11.4 Å². The normalized spacial score (nSPS) is 14.1. The molecule has 0 radical (unpaired) electrons. The summed E-state index contributed by atoms with van der Waals surface area (Å²) in [4.78, 5) is 28.3. The molecule has 0 unspecified atom stereocenters. The molecule has 1 saturated heterocycles. The van der Waals surface area contributed by atoms with Crippen molar-refractivity contribution < 1.29 is 14.3 Å². The predicted molar refractivity (Wildman–Crippen MR) is 114 cm³/mol. The van der Waals surface area contributed by atoms with Gasteiger partial charge >= 0.3 is 0 Å². The molecule has 1 aliphatic heterocycles. The van der Waals surface area contributed by atoms with Crippen LogP contribution in [-0.4, -0.2) is 48.8 Å². The molecule has 0 aliphatic carbocycles. The molecule has 0 spiro atoms. The maximum absolute atomic E-state index is 12.9. The number of nitrogens with zero attached hydrogens (tertiary/aromatic N) is 3. The van der Waals surface area contributed by atoms with E-state index in [-0.39, 0.29) is 18.4 Å². The predicted octanol–water partition coefficient (Wildman–Crippen LogP) is 3.47. The maximum Gasteiger partial charge on any atom is 0.253 e. The van der Waals surface area contributed by atoms with Gasteiger partial charge in [-0.3, -0.25) is 9.59 Å². The Morgan fingerprint density at radius 3 is 2.57 bits per heavy atom. The zero-order valence-electron chi connectivity index (χ0n) is 17.5. The van der Waals surface area contributed by atoms with Crippen LogP contribution >= 0.6 is 0 Å². The van der Waals surface area contributed by atoms with E-state index in [0.29, 0.717) is 42.3 Å². The molecule has 2 amide bonds. The molecule has 1 heterocycles. The van der Waals surface area contributed by atoms with Gasteiger partial charge in [0.1, 0.15) is 12.4 Å². The third kappa shape index (κ3) is 5.38. The number of ether oxygens (including phenoxy) is 1. The van der Waals surface area contributed by atoms with Gasteiger partial charge in [-0.15, -0.1) is 0 Å². The third-order valence-electron chi connectivity index (χ3n) is 5.48. The second kappa shape index (κ2) is 9.93. The molecule has 1 fully saturated rings. The first kappa shape index (κ1) is 21.4. The first-order valence-electron chi connectivity index (χ1n) is 10.2. The van der Waals surface area contributed by atoms with Crippen LogP contribution < -0.4 is 4.74 Å². The van der Waals surface area contributed by atoms with E-state index < -0.39 is 0 Å². The molecule has 0 bridgehead atoms. The minimum atomic E-state index is -0.0183. The number of hydrogen-bond acceptors (Lipinski definition) is 4. The van der Waals surface area contributed by atoms with Crippen molar-refractivity contribution in [2.45, 2.75) is 25.9 Å². The monoisotopic (exact) mass is 405 g/mol. The average Bonchev–Trinajstić information content (AvgIpc) is 2.78. The number of hydrogen-bond donors (Lipinski definition) is 0. The van der Waals surface area contributed by atoms with Gasteiger partial charge in [0, 0.05) is 44.7 Å². The van der Waals surface area contributed by atoms with Crippen LogP contribution in [0.5, 0.6) is 5.75 Å². The molecule has 3 rings (SSSR count). The van der Waals surface area contributed by atoms with E-state index in [0.717, 1.165) is 18.4 Å². The summed E-state index contributed by atoms with van der Waals surface area (Å²) in [6.07, 6.45) is 2.22. The Balaban J connectivity index is 1.57. The minimum Gasteiger partial charge on any atom is -0.489 e. The molecule has 30 heavy (non-hydrogen) atoms. The summed E-state index contributed by atoms with van der Waals surface area (Å²) in [5, 5.41) is 9.19.